The molecule has 0 fully saturated rings. The normalized spacial score (nSPS) is 10.9. The smallest absolute Gasteiger partial charge is 0.268 e. The maximum absolute atomic E-state index is 11.2. The van der Waals surface area contributed by atoms with Crippen molar-refractivity contribution in [3.63, 3.8) is 0 Å². The predicted octanol–water partition coefficient (Wildman–Crippen LogP) is 0.353. The summed E-state index contributed by atoms with van der Waals surface area (Å²) in [7, 11) is 0. The third kappa shape index (κ3) is 1.72. The van der Waals surface area contributed by atoms with E-state index in [1.54, 1.807) is 0 Å². The van der Waals surface area contributed by atoms with Crippen molar-refractivity contribution in [2.45, 2.75) is 13.8 Å². The molecule has 0 spiro atoms. The van der Waals surface area contributed by atoms with E-state index in [1.807, 2.05) is 18.7 Å². The van der Waals surface area contributed by atoms with Crippen molar-refractivity contribution < 1.29 is 5.11 Å². The first-order chi connectivity index (χ1) is 8.10. The van der Waals surface area contributed by atoms with Gasteiger partial charge in [0.05, 0.1) is 0 Å². The first kappa shape index (κ1) is 11.7. The third-order valence-corrected chi connectivity index (χ3v) is 3.55. The fraction of sp³-hybridized carbons (Fsp3) is 0.400. The van der Waals surface area contributed by atoms with E-state index < -0.39 is 16.6 Å². The van der Waals surface area contributed by atoms with Gasteiger partial charge in [0.1, 0.15) is 5.56 Å². The van der Waals surface area contributed by atoms with Gasteiger partial charge in [-0.1, -0.05) is 11.3 Å². The van der Waals surface area contributed by atoms with Gasteiger partial charge in [0, 0.05) is 13.1 Å². The Hall–Kier alpha value is -1.76. The van der Waals surface area contributed by atoms with Crippen LogP contribution in [-0.2, 0) is 0 Å². The number of nitrogens with zero attached hydrogens (tertiary/aromatic N) is 3. The molecule has 1 aromatic heterocycles. The number of rotatable bonds is 4. The Balaban J connectivity index is 2.38. The van der Waals surface area contributed by atoms with Crippen molar-refractivity contribution in [2.75, 3.05) is 18.0 Å². The monoisotopic (exact) mass is 253 g/mol. The Morgan fingerprint density at radius 1 is 1.18 bits per heavy atom. The van der Waals surface area contributed by atoms with Crippen molar-refractivity contribution in [1.82, 2.24) is 10.2 Å². The molecule has 7 heteroatoms. The molecule has 0 amide bonds. The molecule has 1 heterocycles. The molecule has 2 aromatic rings. The molecule has 0 aliphatic heterocycles. The van der Waals surface area contributed by atoms with E-state index in [0.29, 0.717) is 10.1 Å². The lowest BCUT2D eigenvalue weighted by atomic mass is 10.1. The van der Waals surface area contributed by atoms with Gasteiger partial charge in [-0.2, -0.15) is 0 Å². The van der Waals surface area contributed by atoms with E-state index >= 15 is 0 Å². The summed E-state index contributed by atoms with van der Waals surface area (Å²) in [6, 6.07) is 0. The van der Waals surface area contributed by atoms with Crippen LogP contribution in [0.4, 0.5) is 5.13 Å². The molecule has 0 aliphatic carbocycles. The van der Waals surface area contributed by atoms with Crippen LogP contribution in [0.1, 0.15) is 13.8 Å². The molecule has 0 aliphatic rings. The molecule has 1 N–H and O–H groups in total. The molecule has 90 valence electrons. The van der Waals surface area contributed by atoms with Crippen molar-refractivity contribution in [1.29, 1.82) is 0 Å². The second-order valence-corrected chi connectivity index (χ2v) is 4.40. The number of anilines is 1. The van der Waals surface area contributed by atoms with Crippen molar-refractivity contribution in [2.24, 2.45) is 0 Å². The first-order valence-electron chi connectivity index (χ1n) is 5.21. The predicted molar refractivity (Wildman–Crippen MR) is 65.5 cm³/mol. The Labute approximate surface area is 101 Å². The molecule has 0 radical (unpaired) electrons. The summed E-state index contributed by atoms with van der Waals surface area (Å²) in [6.45, 7) is 5.53. The van der Waals surface area contributed by atoms with Crippen LogP contribution in [0.15, 0.2) is 9.59 Å². The summed E-state index contributed by atoms with van der Waals surface area (Å²) in [5.41, 5.74) is -1.55. The lowest BCUT2D eigenvalue weighted by Gasteiger charge is -2.15. The molecule has 0 bridgehead atoms. The summed E-state index contributed by atoms with van der Waals surface area (Å²) in [5.74, 6) is -0.503. The van der Waals surface area contributed by atoms with Crippen LogP contribution in [0.5, 0.6) is 5.75 Å². The molecule has 0 unspecified atom stereocenters. The van der Waals surface area contributed by atoms with Crippen LogP contribution >= 0.6 is 11.3 Å². The minimum absolute atomic E-state index is 0.00842. The zero-order valence-electron chi connectivity index (χ0n) is 9.43. The maximum atomic E-state index is 11.2. The molecule has 17 heavy (non-hydrogen) atoms. The van der Waals surface area contributed by atoms with Gasteiger partial charge >= 0.3 is 0 Å². The summed E-state index contributed by atoms with van der Waals surface area (Å²) < 4.78 is 0. The molecular formula is C10H11N3O3S. The average molecular weight is 253 g/mol. The van der Waals surface area contributed by atoms with E-state index in [9.17, 15) is 14.7 Å². The number of aromatic nitrogens is 2. The van der Waals surface area contributed by atoms with Crippen molar-refractivity contribution in [3.05, 3.63) is 20.4 Å². The van der Waals surface area contributed by atoms with Gasteiger partial charge < -0.3 is 10.0 Å². The standard InChI is InChI=1S/C10H11N3O3S/c1-3-13(4-2)10-12-11-9(17-10)5-6(14)8(16)7(5)15/h14H,3-4H2,1-2H3. The first-order valence-corrected chi connectivity index (χ1v) is 6.02. The van der Waals surface area contributed by atoms with E-state index in [4.69, 9.17) is 0 Å². The van der Waals surface area contributed by atoms with Gasteiger partial charge in [0.25, 0.3) is 5.43 Å². The number of aromatic hydroxyl groups is 1. The highest BCUT2D eigenvalue weighted by atomic mass is 32.1. The second-order valence-electron chi connectivity index (χ2n) is 3.44. The highest BCUT2D eigenvalue weighted by Gasteiger charge is 2.25. The van der Waals surface area contributed by atoms with Crippen molar-refractivity contribution in [3.8, 4) is 16.3 Å². The lowest BCUT2D eigenvalue weighted by molar-refractivity contribution is 0.465. The largest absolute Gasteiger partial charge is 0.503 e. The zero-order chi connectivity index (χ0) is 12.6. The van der Waals surface area contributed by atoms with E-state index in [0.717, 1.165) is 13.1 Å². The summed E-state index contributed by atoms with van der Waals surface area (Å²) >= 11 is 1.20. The SMILES string of the molecule is CCN(CC)c1nnc(-c2c(O)c(=O)c2=O)s1. The molecule has 0 saturated heterocycles. The fourth-order valence-corrected chi connectivity index (χ4v) is 2.53. The number of hydrogen-bond donors (Lipinski definition) is 1. The topological polar surface area (TPSA) is 83.4 Å². The van der Waals surface area contributed by atoms with Crippen LogP contribution in [0.2, 0.25) is 0 Å². The van der Waals surface area contributed by atoms with Gasteiger partial charge in [-0.05, 0) is 13.8 Å². The van der Waals surface area contributed by atoms with E-state index in [2.05, 4.69) is 10.2 Å². The Kier molecular flexibility index (Phi) is 2.93. The molecule has 2 rings (SSSR count). The molecule has 6 nitrogen and oxygen atoms in total. The van der Waals surface area contributed by atoms with Crippen LogP contribution in [0, 0.1) is 0 Å². The Morgan fingerprint density at radius 3 is 2.35 bits per heavy atom. The fourth-order valence-electron chi connectivity index (χ4n) is 1.52. The van der Waals surface area contributed by atoms with E-state index in [1.165, 1.54) is 11.3 Å². The van der Waals surface area contributed by atoms with Crippen LogP contribution in [0.25, 0.3) is 10.6 Å². The Bertz CT molecular complexity index is 608. The lowest BCUT2D eigenvalue weighted by Crippen LogP contribution is -2.31. The van der Waals surface area contributed by atoms with Gasteiger partial charge in [-0.3, -0.25) is 9.59 Å². The minimum atomic E-state index is -0.848. The zero-order valence-corrected chi connectivity index (χ0v) is 10.2. The highest BCUT2D eigenvalue weighted by molar-refractivity contribution is 7.18. The third-order valence-electron chi connectivity index (χ3n) is 2.55. The van der Waals surface area contributed by atoms with Crippen LogP contribution in [-0.4, -0.2) is 28.4 Å². The highest BCUT2D eigenvalue weighted by Crippen LogP contribution is 2.30. The van der Waals surface area contributed by atoms with Crippen molar-refractivity contribution >= 4 is 16.5 Å². The van der Waals surface area contributed by atoms with Gasteiger partial charge in [0.15, 0.2) is 10.8 Å². The summed E-state index contributed by atoms with van der Waals surface area (Å²) in [6.07, 6.45) is 0. The minimum Gasteiger partial charge on any atom is -0.503 e. The average Bonchev–Trinajstić information content (AvgIpc) is 2.79. The summed E-state index contributed by atoms with van der Waals surface area (Å²) in [5, 5.41) is 18.0. The second kappa shape index (κ2) is 4.25. The number of hydrogen-bond acceptors (Lipinski definition) is 7. The van der Waals surface area contributed by atoms with Gasteiger partial charge in [0.2, 0.25) is 10.6 Å². The van der Waals surface area contributed by atoms with Gasteiger partial charge in [-0.15, -0.1) is 10.2 Å². The molecule has 0 saturated carbocycles. The quantitative estimate of drug-likeness (QED) is 0.792. The molecule has 1 aromatic carbocycles. The summed E-state index contributed by atoms with van der Waals surface area (Å²) in [4.78, 5) is 24.1. The van der Waals surface area contributed by atoms with Crippen LogP contribution < -0.4 is 15.8 Å². The molecule has 0 atom stereocenters. The molecular weight excluding hydrogens is 242 g/mol. The van der Waals surface area contributed by atoms with Gasteiger partial charge in [-0.25, -0.2) is 0 Å². The Morgan fingerprint density at radius 2 is 1.82 bits per heavy atom. The van der Waals surface area contributed by atoms with Crippen LogP contribution in [0.3, 0.4) is 0 Å². The van der Waals surface area contributed by atoms with E-state index in [-0.39, 0.29) is 5.56 Å². The maximum Gasteiger partial charge on any atom is 0.268 e.